The van der Waals surface area contributed by atoms with Gasteiger partial charge in [-0.15, -0.1) is 11.3 Å². The quantitative estimate of drug-likeness (QED) is 0.299. The van der Waals surface area contributed by atoms with Crippen LogP contribution in [0.1, 0.15) is 21.7 Å². The maximum Gasteiger partial charge on any atom is 0.291 e. The molecule has 2 aromatic heterocycles. The van der Waals surface area contributed by atoms with E-state index in [0.717, 1.165) is 26.4 Å². The number of furan rings is 1. The van der Waals surface area contributed by atoms with Gasteiger partial charge in [0.15, 0.2) is 5.76 Å². The molecule has 5 aromatic rings. The number of para-hydroxylation sites is 1. The molecule has 4 nitrogen and oxygen atoms in total. The normalized spacial score (nSPS) is 11.1. The average Bonchev–Trinajstić information content (AvgIpc) is 3.44. The molecule has 0 unspecified atom stereocenters. The number of fused-ring (bicyclic) bond motifs is 1. The Bertz CT molecular complexity index is 1440. The predicted octanol–water partition coefficient (Wildman–Crippen LogP) is 7.75. The lowest BCUT2D eigenvalue weighted by Crippen LogP contribution is -2.10. The first-order valence-electron chi connectivity index (χ1n) is 10.1. The third kappa shape index (κ3) is 3.93. The van der Waals surface area contributed by atoms with Crippen LogP contribution >= 0.6 is 22.9 Å². The van der Waals surface area contributed by atoms with E-state index in [2.05, 4.69) is 30.2 Å². The molecule has 32 heavy (non-hydrogen) atoms. The van der Waals surface area contributed by atoms with Gasteiger partial charge in [0.2, 0.25) is 0 Å². The zero-order valence-electron chi connectivity index (χ0n) is 17.5. The Hall–Kier alpha value is -3.41. The summed E-state index contributed by atoms with van der Waals surface area (Å²) in [6.07, 6.45) is 0. The summed E-state index contributed by atoms with van der Waals surface area (Å²) in [5.41, 5.74) is 5.65. The van der Waals surface area contributed by atoms with Crippen molar-refractivity contribution in [3.05, 3.63) is 94.7 Å². The first-order chi connectivity index (χ1) is 15.5. The second kappa shape index (κ2) is 8.26. The zero-order valence-corrected chi connectivity index (χ0v) is 19.1. The molecule has 0 bridgehead atoms. The summed E-state index contributed by atoms with van der Waals surface area (Å²) in [5.74, 6) is 0.580. The van der Waals surface area contributed by atoms with E-state index in [-0.39, 0.29) is 11.7 Å². The van der Waals surface area contributed by atoms with Gasteiger partial charge >= 0.3 is 0 Å². The van der Waals surface area contributed by atoms with E-state index in [9.17, 15) is 4.79 Å². The first kappa shape index (κ1) is 20.5. The molecule has 1 N–H and O–H groups in total. The molecule has 0 radical (unpaired) electrons. The van der Waals surface area contributed by atoms with E-state index >= 15 is 0 Å². The molecule has 0 aliphatic carbocycles. The number of nitrogens with one attached hydrogen (secondary N) is 1. The van der Waals surface area contributed by atoms with Crippen LogP contribution in [0.3, 0.4) is 0 Å². The Morgan fingerprint density at radius 2 is 1.81 bits per heavy atom. The molecule has 0 fully saturated rings. The van der Waals surface area contributed by atoms with Crippen molar-refractivity contribution >= 4 is 44.7 Å². The highest BCUT2D eigenvalue weighted by atomic mass is 35.5. The van der Waals surface area contributed by atoms with Crippen molar-refractivity contribution in [1.29, 1.82) is 0 Å². The number of carbonyl (C=O) groups is 1. The molecule has 0 saturated carbocycles. The molecule has 5 rings (SSSR count). The van der Waals surface area contributed by atoms with Crippen LogP contribution in [-0.2, 0) is 0 Å². The Labute approximate surface area is 194 Å². The van der Waals surface area contributed by atoms with E-state index in [4.69, 9.17) is 16.0 Å². The van der Waals surface area contributed by atoms with Gasteiger partial charge in [0.1, 0.15) is 10.8 Å². The van der Waals surface area contributed by atoms with Crippen LogP contribution < -0.4 is 5.32 Å². The van der Waals surface area contributed by atoms with Gasteiger partial charge in [0.05, 0.1) is 15.2 Å². The van der Waals surface area contributed by atoms with Gasteiger partial charge in [0.25, 0.3) is 5.91 Å². The molecule has 0 atom stereocenters. The molecule has 158 valence electrons. The lowest BCUT2D eigenvalue weighted by atomic mass is 10.1. The van der Waals surface area contributed by atoms with Crippen molar-refractivity contribution < 1.29 is 9.21 Å². The second-order valence-electron chi connectivity index (χ2n) is 7.60. The summed E-state index contributed by atoms with van der Waals surface area (Å²) in [6, 6.07) is 22.9. The molecule has 2 heterocycles. The van der Waals surface area contributed by atoms with E-state index in [1.807, 2.05) is 48.5 Å². The minimum Gasteiger partial charge on any atom is -0.451 e. The molecule has 0 aliphatic rings. The topological polar surface area (TPSA) is 55.1 Å². The number of nitrogens with zero attached hydrogens (tertiary/aromatic N) is 1. The van der Waals surface area contributed by atoms with Crippen LogP contribution in [0, 0.1) is 13.8 Å². The number of hydrogen-bond donors (Lipinski definition) is 1. The number of rotatable bonds is 4. The number of thiazole rings is 1. The van der Waals surface area contributed by atoms with E-state index in [1.54, 1.807) is 29.5 Å². The number of aromatic nitrogens is 1. The summed E-state index contributed by atoms with van der Waals surface area (Å²) < 4.78 is 6.91. The lowest BCUT2D eigenvalue weighted by Gasteiger charge is -2.07. The van der Waals surface area contributed by atoms with Crippen LogP contribution in [0.2, 0.25) is 5.02 Å². The van der Waals surface area contributed by atoms with Crippen molar-refractivity contribution in [3.8, 4) is 21.9 Å². The number of benzene rings is 3. The van der Waals surface area contributed by atoms with Gasteiger partial charge in [0, 0.05) is 16.8 Å². The Kier molecular flexibility index (Phi) is 5.29. The minimum absolute atomic E-state index is 0.245. The number of halogens is 1. The van der Waals surface area contributed by atoms with E-state index in [0.29, 0.717) is 16.5 Å². The van der Waals surface area contributed by atoms with Gasteiger partial charge in [-0.25, -0.2) is 4.98 Å². The summed E-state index contributed by atoms with van der Waals surface area (Å²) in [4.78, 5) is 17.5. The standard InChI is InChI=1S/C26H19ClN2O2S/c1-15-7-8-17(13-16(15)2)22-11-12-23(31-22)25(30)28-18-9-10-20(27)19(14-18)26-29-21-5-3-4-6-24(21)32-26/h3-14H,1-2H3,(H,28,30). The van der Waals surface area contributed by atoms with Gasteiger partial charge in [-0.2, -0.15) is 0 Å². The number of aryl methyl sites for hydroxylation is 2. The summed E-state index contributed by atoms with van der Waals surface area (Å²) >= 11 is 8.01. The highest BCUT2D eigenvalue weighted by molar-refractivity contribution is 7.21. The largest absolute Gasteiger partial charge is 0.451 e. The zero-order chi connectivity index (χ0) is 22.2. The SMILES string of the molecule is Cc1ccc(-c2ccc(C(=O)Nc3ccc(Cl)c(-c4nc5ccccc5s4)c3)o2)cc1C. The van der Waals surface area contributed by atoms with Crippen molar-refractivity contribution in [2.24, 2.45) is 0 Å². The van der Waals surface area contributed by atoms with Gasteiger partial charge in [-0.3, -0.25) is 4.79 Å². The highest BCUT2D eigenvalue weighted by Crippen LogP contribution is 2.36. The van der Waals surface area contributed by atoms with Gasteiger partial charge < -0.3 is 9.73 Å². The highest BCUT2D eigenvalue weighted by Gasteiger charge is 2.15. The molecule has 0 aliphatic heterocycles. The Morgan fingerprint density at radius 1 is 0.969 bits per heavy atom. The van der Waals surface area contributed by atoms with Crippen LogP contribution in [0.5, 0.6) is 0 Å². The Balaban J connectivity index is 1.40. The smallest absolute Gasteiger partial charge is 0.291 e. The summed E-state index contributed by atoms with van der Waals surface area (Å²) in [5, 5.41) is 4.29. The fraction of sp³-hybridized carbons (Fsp3) is 0.0769. The molecule has 0 saturated heterocycles. The summed E-state index contributed by atoms with van der Waals surface area (Å²) in [6.45, 7) is 4.12. The molecule has 6 heteroatoms. The third-order valence-electron chi connectivity index (χ3n) is 5.37. The molecular formula is C26H19ClN2O2S. The number of carbonyl (C=O) groups excluding carboxylic acids is 1. The van der Waals surface area contributed by atoms with Crippen molar-refractivity contribution in [1.82, 2.24) is 4.98 Å². The third-order valence-corrected chi connectivity index (χ3v) is 6.77. The van der Waals surface area contributed by atoms with Gasteiger partial charge in [-0.05, 0) is 73.5 Å². The van der Waals surface area contributed by atoms with Crippen LogP contribution in [0.25, 0.3) is 32.1 Å². The van der Waals surface area contributed by atoms with Crippen molar-refractivity contribution in [3.63, 3.8) is 0 Å². The minimum atomic E-state index is -0.322. The number of amides is 1. The Morgan fingerprint density at radius 3 is 2.62 bits per heavy atom. The fourth-order valence-electron chi connectivity index (χ4n) is 3.46. The van der Waals surface area contributed by atoms with Crippen molar-refractivity contribution in [2.45, 2.75) is 13.8 Å². The molecule has 3 aromatic carbocycles. The van der Waals surface area contributed by atoms with Crippen molar-refractivity contribution in [2.75, 3.05) is 5.32 Å². The monoisotopic (exact) mass is 458 g/mol. The predicted molar refractivity (Wildman–Crippen MR) is 132 cm³/mol. The van der Waals surface area contributed by atoms with Crippen LogP contribution in [-0.4, -0.2) is 10.9 Å². The lowest BCUT2D eigenvalue weighted by molar-refractivity contribution is 0.0997. The van der Waals surface area contributed by atoms with Crippen LogP contribution in [0.4, 0.5) is 5.69 Å². The first-order valence-corrected chi connectivity index (χ1v) is 11.3. The van der Waals surface area contributed by atoms with E-state index < -0.39 is 0 Å². The number of hydrogen-bond acceptors (Lipinski definition) is 4. The van der Waals surface area contributed by atoms with Gasteiger partial charge in [-0.1, -0.05) is 35.9 Å². The van der Waals surface area contributed by atoms with Crippen LogP contribution in [0.15, 0.2) is 77.2 Å². The molecule has 0 spiro atoms. The summed E-state index contributed by atoms with van der Waals surface area (Å²) in [7, 11) is 0. The molecule has 1 amide bonds. The average molecular weight is 459 g/mol. The molecular weight excluding hydrogens is 440 g/mol. The second-order valence-corrected chi connectivity index (χ2v) is 9.04. The maximum atomic E-state index is 12.8. The number of anilines is 1. The van der Waals surface area contributed by atoms with E-state index in [1.165, 1.54) is 11.1 Å². The fourth-order valence-corrected chi connectivity index (χ4v) is 4.72. The maximum absolute atomic E-state index is 12.8.